The molecule has 1 unspecified atom stereocenters. The molecule has 126 valence electrons. The lowest BCUT2D eigenvalue weighted by Gasteiger charge is -2.42. The first-order valence-corrected chi connectivity index (χ1v) is 7.69. The first-order chi connectivity index (χ1) is 10.2. The van der Waals surface area contributed by atoms with Crippen molar-refractivity contribution in [2.75, 3.05) is 20.1 Å². The smallest absolute Gasteiger partial charge is 0.389 e. The predicted octanol–water partition coefficient (Wildman–Crippen LogP) is 3.86. The summed E-state index contributed by atoms with van der Waals surface area (Å²) in [6, 6.07) is 2.59. The van der Waals surface area contributed by atoms with Crippen LogP contribution < -0.4 is 0 Å². The van der Waals surface area contributed by atoms with Gasteiger partial charge >= 0.3 is 6.18 Å². The zero-order valence-corrected chi connectivity index (χ0v) is 13.7. The fraction of sp³-hybridized carbons (Fsp3) is 0.667. The van der Waals surface area contributed by atoms with Crippen molar-refractivity contribution in [2.45, 2.75) is 44.4 Å². The van der Waals surface area contributed by atoms with Crippen LogP contribution in [0.4, 0.5) is 13.2 Å². The number of piperidine rings is 1. The molecule has 1 aromatic heterocycles. The molecule has 0 bridgehead atoms. The molecule has 2 heterocycles. The van der Waals surface area contributed by atoms with Crippen LogP contribution in [0.2, 0.25) is 5.02 Å². The maximum absolute atomic E-state index is 13.4. The average Bonchev–Trinajstić information content (AvgIpc) is 2.46. The van der Waals surface area contributed by atoms with E-state index in [-0.39, 0.29) is 23.6 Å². The minimum absolute atomic E-state index is 0.0674. The lowest BCUT2D eigenvalue weighted by molar-refractivity contribution is -0.206. The normalized spacial score (nSPS) is 20.0. The number of aliphatic hydroxyl groups is 1. The summed E-state index contributed by atoms with van der Waals surface area (Å²) in [5.74, 6) is -1.99. The lowest BCUT2D eigenvalue weighted by Crippen LogP contribution is -2.51. The van der Waals surface area contributed by atoms with E-state index in [1.807, 2.05) is 25.8 Å². The Balaban J connectivity index is 0.00000116. The number of hydrogen-bond acceptors (Lipinski definition) is 3. The van der Waals surface area contributed by atoms with Gasteiger partial charge < -0.3 is 10.0 Å². The lowest BCUT2D eigenvalue weighted by atomic mass is 9.77. The molecule has 2 rings (SSSR count). The standard InChI is InChI=1S/C13H16ClF3N2O.C2H6/c1-19-6-4-12(20,5-7-19)11(13(15,16)17)10-3-2-9(14)8-18-10;1-2/h2-3,8,11,20H,4-7H2,1H3;1-2H3. The van der Waals surface area contributed by atoms with Crippen LogP contribution in [0.3, 0.4) is 0 Å². The van der Waals surface area contributed by atoms with E-state index < -0.39 is 17.7 Å². The van der Waals surface area contributed by atoms with E-state index in [4.69, 9.17) is 11.6 Å². The first-order valence-electron chi connectivity index (χ1n) is 7.31. The van der Waals surface area contributed by atoms with Crippen molar-refractivity contribution in [2.24, 2.45) is 0 Å². The molecule has 0 spiro atoms. The maximum Gasteiger partial charge on any atom is 0.400 e. The second kappa shape index (κ2) is 7.62. The summed E-state index contributed by atoms with van der Waals surface area (Å²) in [6.07, 6.45) is -3.24. The largest absolute Gasteiger partial charge is 0.400 e. The van der Waals surface area contributed by atoms with Crippen molar-refractivity contribution in [3.8, 4) is 0 Å². The van der Waals surface area contributed by atoms with Crippen LogP contribution in [-0.2, 0) is 0 Å². The van der Waals surface area contributed by atoms with Crippen molar-refractivity contribution in [1.82, 2.24) is 9.88 Å². The Morgan fingerprint density at radius 1 is 1.27 bits per heavy atom. The van der Waals surface area contributed by atoms with E-state index in [0.29, 0.717) is 13.1 Å². The zero-order chi connectivity index (χ0) is 17.0. The number of aromatic nitrogens is 1. The highest BCUT2D eigenvalue weighted by molar-refractivity contribution is 6.30. The van der Waals surface area contributed by atoms with Gasteiger partial charge in [-0.25, -0.2) is 0 Å². The molecule has 22 heavy (non-hydrogen) atoms. The molecule has 1 saturated heterocycles. The van der Waals surface area contributed by atoms with Crippen LogP contribution in [0.1, 0.15) is 38.3 Å². The van der Waals surface area contributed by atoms with Crippen LogP contribution in [0.25, 0.3) is 0 Å². The van der Waals surface area contributed by atoms with Gasteiger partial charge in [0.15, 0.2) is 0 Å². The second-order valence-corrected chi connectivity index (χ2v) is 5.72. The van der Waals surface area contributed by atoms with Gasteiger partial charge in [0.1, 0.15) is 5.92 Å². The highest BCUT2D eigenvalue weighted by Crippen LogP contribution is 2.46. The van der Waals surface area contributed by atoms with Crippen molar-refractivity contribution in [3.63, 3.8) is 0 Å². The fourth-order valence-electron chi connectivity index (χ4n) is 2.60. The van der Waals surface area contributed by atoms with Crippen molar-refractivity contribution in [1.29, 1.82) is 0 Å². The van der Waals surface area contributed by atoms with E-state index in [1.165, 1.54) is 18.3 Å². The van der Waals surface area contributed by atoms with E-state index >= 15 is 0 Å². The molecule has 0 saturated carbocycles. The minimum Gasteiger partial charge on any atom is -0.389 e. The van der Waals surface area contributed by atoms with Crippen LogP contribution in [0.5, 0.6) is 0 Å². The SMILES string of the molecule is CC.CN1CCC(O)(C(c2ccc(Cl)cn2)C(F)(F)F)CC1. The number of halogens is 4. The number of pyridine rings is 1. The maximum atomic E-state index is 13.4. The van der Waals surface area contributed by atoms with Gasteiger partial charge in [-0.3, -0.25) is 4.98 Å². The van der Waals surface area contributed by atoms with Gasteiger partial charge in [-0.05, 0) is 32.0 Å². The zero-order valence-electron chi connectivity index (χ0n) is 13.0. The molecule has 0 aromatic carbocycles. The highest BCUT2D eigenvalue weighted by atomic mass is 35.5. The van der Waals surface area contributed by atoms with Crippen LogP contribution in [0, 0.1) is 0 Å². The number of alkyl halides is 3. The summed E-state index contributed by atoms with van der Waals surface area (Å²) in [5, 5.41) is 10.8. The second-order valence-electron chi connectivity index (χ2n) is 5.28. The van der Waals surface area contributed by atoms with Gasteiger partial charge in [0.2, 0.25) is 0 Å². The van der Waals surface area contributed by atoms with Crippen LogP contribution in [-0.4, -0.2) is 46.9 Å². The van der Waals surface area contributed by atoms with Crippen LogP contribution in [0.15, 0.2) is 18.3 Å². The Bertz CT molecular complexity index is 457. The molecule has 1 aliphatic heterocycles. The van der Waals surface area contributed by atoms with Gasteiger partial charge in [0, 0.05) is 19.3 Å². The van der Waals surface area contributed by atoms with Gasteiger partial charge in [-0.2, -0.15) is 13.2 Å². The summed E-state index contributed by atoms with van der Waals surface area (Å²) in [6.45, 7) is 4.85. The monoisotopic (exact) mass is 338 g/mol. The van der Waals surface area contributed by atoms with Crippen molar-refractivity contribution in [3.05, 3.63) is 29.0 Å². The Morgan fingerprint density at radius 2 is 1.82 bits per heavy atom. The Kier molecular flexibility index (Phi) is 6.65. The fourth-order valence-corrected chi connectivity index (χ4v) is 2.71. The molecule has 1 aromatic rings. The molecule has 0 radical (unpaired) electrons. The summed E-state index contributed by atoms with van der Waals surface area (Å²) < 4.78 is 40.2. The number of likely N-dealkylation sites (tertiary alicyclic amines) is 1. The Labute approximate surface area is 134 Å². The molecular formula is C15H22ClF3N2O. The summed E-state index contributed by atoms with van der Waals surface area (Å²) in [7, 11) is 1.82. The molecular weight excluding hydrogens is 317 g/mol. The molecule has 3 nitrogen and oxygen atoms in total. The van der Waals surface area contributed by atoms with Crippen LogP contribution >= 0.6 is 11.6 Å². The molecule has 1 fully saturated rings. The Hall–Kier alpha value is -0.850. The first kappa shape index (κ1) is 19.2. The average molecular weight is 339 g/mol. The van der Waals surface area contributed by atoms with E-state index in [9.17, 15) is 18.3 Å². The molecule has 1 atom stereocenters. The van der Waals surface area contributed by atoms with Gasteiger partial charge in [0.05, 0.1) is 16.3 Å². The number of nitrogens with zero attached hydrogens (tertiary/aromatic N) is 2. The molecule has 0 aliphatic carbocycles. The summed E-state index contributed by atoms with van der Waals surface area (Å²) in [4.78, 5) is 5.66. The van der Waals surface area contributed by atoms with Gasteiger partial charge in [0.25, 0.3) is 0 Å². The van der Waals surface area contributed by atoms with Gasteiger partial charge in [-0.1, -0.05) is 25.4 Å². The van der Waals surface area contributed by atoms with E-state index in [2.05, 4.69) is 4.98 Å². The molecule has 7 heteroatoms. The van der Waals surface area contributed by atoms with Crippen molar-refractivity contribution >= 4 is 11.6 Å². The third kappa shape index (κ3) is 4.57. The summed E-state index contributed by atoms with van der Waals surface area (Å²) in [5.41, 5.74) is -2.00. The van der Waals surface area contributed by atoms with E-state index in [1.54, 1.807) is 0 Å². The Morgan fingerprint density at radius 3 is 2.23 bits per heavy atom. The quantitative estimate of drug-likeness (QED) is 0.889. The third-order valence-electron chi connectivity index (χ3n) is 3.76. The summed E-state index contributed by atoms with van der Waals surface area (Å²) >= 11 is 5.66. The number of hydrogen-bond donors (Lipinski definition) is 1. The van der Waals surface area contributed by atoms with Crippen molar-refractivity contribution < 1.29 is 18.3 Å². The molecule has 0 amide bonds. The highest BCUT2D eigenvalue weighted by Gasteiger charge is 2.55. The number of rotatable bonds is 2. The molecule has 1 N–H and O–H groups in total. The minimum atomic E-state index is -4.55. The van der Waals surface area contributed by atoms with E-state index in [0.717, 1.165) is 0 Å². The predicted molar refractivity (Wildman–Crippen MR) is 81.1 cm³/mol. The van der Waals surface area contributed by atoms with Gasteiger partial charge in [-0.15, -0.1) is 0 Å². The third-order valence-corrected chi connectivity index (χ3v) is 3.99. The molecule has 1 aliphatic rings. The topological polar surface area (TPSA) is 36.4 Å².